The zero-order valence-corrected chi connectivity index (χ0v) is 19.8. The topological polar surface area (TPSA) is 30.8 Å². The van der Waals surface area contributed by atoms with Gasteiger partial charge < -0.3 is 9.47 Å². The fourth-order valence-electron chi connectivity index (χ4n) is 4.14. The first-order valence-electron chi connectivity index (χ1n) is 11.0. The summed E-state index contributed by atoms with van der Waals surface area (Å²) in [7, 11) is 3.39. The van der Waals surface area contributed by atoms with Crippen LogP contribution in [0.25, 0.3) is 22.8 Å². The summed E-state index contributed by atoms with van der Waals surface area (Å²) < 4.78 is 11.6. The minimum Gasteiger partial charge on any atom is -0.493 e. The summed E-state index contributed by atoms with van der Waals surface area (Å²) in [5.41, 5.74) is 7.95. The summed E-state index contributed by atoms with van der Waals surface area (Å²) in [5, 5.41) is 0. The SMILES string of the molecule is COc1cc(C2=Cc3ccccc3N=CC2C)cc(-c2ccc(C(C)(C)C)cc2)c1OC. The summed E-state index contributed by atoms with van der Waals surface area (Å²) in [6.45, 7) is 8.86. The van der Waals surface area contributed by atoms with Crippen LogP contribution in [0.5, 0.6) is 11.5 Å². The Morgan fingerprint density at radius 2 is 1.56 bits per heavy atom. The van der Waals surface area contributed by atoms with Crippen molar-refractivity contribution in [2.24, 2.45) is 10.9 Å². The molecule has 0 saturated heterocycles. The van der Waals surface area contributed by atoms with E-state index >= 15 is 0 Å². The fourth-order valence-corrected chi connectivity index (χ4v) is 4.14. The Morgan fingerprint density at radius 1 is 0.844 bits per heavy atom. The molecule has 0 fully saturated rings. The first-order valence-corrected chi connectivity index (χ1v) is 11.0. The van der Waals surface area contributed by atoms with Gasteiger partial charge in [0.25, 0.3) is 0 Å². The molecule has 164 valence electrons. The fraction of sp³-hybridized carbons (Fsp3) is 0.276. The molecule has 3 aromatic carbocycles. The molecular formula is C29H31NO2. The third-order valence-corrected chi connectivity index (χ3v) is 6.05. The van der Waals surface area contributed by atoms with Gasteiger partial charge in [-0.1, -0.05) is 70.2 Å². The van der Waals surface area contributed by atoms with Crippen molar-refractivity contribution in [1.82, 2.24) is 0 Å². The molecule has 3 nitrogen and oxygen atoms in total. The largest absolute Gasteiger partial charge is 0.493 e. The van der Waals surface area contributed by atoms with Crippen molar-refractivity contribution in [3.05, 3.63) is 77.4 Å². The molecule has 0 radical (unpaired) electrons. The number of hydrogen-bond donors (Lipinski definition) is 0. The number of fused-ring (bicyclic) bond motifs is 1. The van der Waals surface area contributed by atoms with Gasteiger partial charge in [0.05, 0.1) is 19.9 Å². The van der Waals surface area contributed by atoms with Gasteiger partial charge in [0.1, 0.15) is 0 Å². The van der Waals surface area contributed by atoms with Gasteiger partial charge in [-0.25, -0.2) is 0 Å². The summed E-state index contributed by atoms with van der Waals surface area (Å²) in [6.07, 6.45) is 4.26. The summed E-state index contributed by atoms with van der Waals surface area (Å²) in [6, 6.07) is 21.2. The Bertz CT molecular complexity index is 1180. The monoisotopic (exact) mass is 425 g/mol. The highest BCUT2D eigenvalue weighted by molar-refractivity contribution is 5.97. The average Bonchev–Trinajstić information content (AvgIpc) is 2.96. The second-order valence-electron chi connectivity index (χ2n) is 9.31. The van der Waals surface area contributed by atoms with E-state index in [1.54, 1.807) is 14.2 Å². The standard InChI is InChI=1S/C29H31NO2/c1-19-18-30-26-10-8-7-9-21(26)15-24(19)22-16-25(28(32-6)27(17-22)31-5)20-11-13-23(14-12-20)29(2,3)4/h7-19H,1-6H3. The highest BCUT2D eigenvalue weighted by Crippen LogP contribution is 2.43. The van der Waals surface area contributed by atoms with Crippen molar-refractivity contribution in [1.29, 1.82) is 0 Å². The van der Waals surface area contributed by atoms with Gasteiger partial charge >= 0.3 is 0 Å². The lowest BCUT2D eigenvalue weighted by Crippen LogP contribution is -2.10. The third-order valence-electron chi connectivity index (χ3n) is 6.05. The number of nitrogens with zero attached hydrogens (tertiary/aromatic N) is 1. The maximum atomic E-state index is 5.80. The van der Waals surface area contributed by atoms with Gasteiger partial charge in [-0.3, -0.25) is 4.99 Å². The van der Waals surface area contributed by atoms with Crippen molar-refractivity contribution in [3.63, 3.8) is 0 Å². The van der Waals surface area contributed by atoms with E-state index in [4.69, 9.17) is 14.5 Å². The van der Waals surface area contributed by atoms with Gasteiger partial charge in [-0.15, -0.1) is 0 Å². The van der Waals surface area contributed by atoms with Crippen LogP contribution in [0.3, 0.4) is 0 Å². The van der Waals surface area contributed by atoms with Crippen molar-refractivity contribution < 1.29 is 9.47 Å². The average molecular weight is 426 g/mol. The smallest absolute Gasteiger partial charge is 0.168 e. The lowest BCUT2D eigenvalue weighted by Gasteiger charge is -2.21. The van der Waals surface area contributed by atoms with E-state index in [0.717, 1.165) is 39.4 Å². The first-order chi connectivity index (χ1) is 15.3. The van der Waals surface area contributed by atoms with E-state index in [9.17, 15) is 0 Å². The normalized spacial score (nSPS) is 15.6. The molecule has 3 heteroatoms. The number of rotatable bonds is 4. The van der Waals surface area contributed by atoms with Crippen molar-refractivity contribution in [2.75, 3.05) is 14.2 Å². The van der Waals surface area contributed by atoms with Crippen LogP contribution < -0.4 is 9.47 Å². The van der Waals surface area contributed by atoms with E-state index < -0.39 is 0 Å². The molecule has 0 aromatic heterocycles. The van der Waals surface area contributed by atoms with Crippen LogP contribution in [0.2, 0.25) is 0 Å². The predicted molar refractivity (Wildman–Crippen MR) is 135 cm³/mol. The molecule has 1 aliphatic heterocycles. The van der Waals surface area contributed by atoms with Crippen molar-refractivity contribution >= 4 is 23.6 Å². The zero-order chi connectivity index (χ0) is 22.9. The molecule has 0 spiro atoms. The molecule has 1 aliphatic rings. The van der Waals surface area contributed by atoms with Gasteiger partial charge in [-0.2, -0.15) is 0 Å². The number of hydrogen-bond acceptors (Lipinski definition) is 3. The molecule has 32 heavy (non-hydrogen) atoms. The molecule has 4 rings (SSSR count). The van der Waals surface area contributed by atoms with E-state index in [0.29, 0.717) is 0 Å². The van der Waals surface area contributed by atoms with Gasteiger partial charge in [0.2, 0.25) is 0 Å². The second kappa shape index (κ2) is 8.66. The maximum Gasteiger partial charge on any atom is 0.168 e. The number of ether oxygens (including phenoxy) is 2. The molecule has 0 N–H and O–H groups in total. The van der Waals surface area contributed by atoms with Crippen LogP contribution in [0.15, 0.2) is 65.7 Å². The highest BCUT2D eigenvalue weighted by Gasteiger charge is 2.20. The van der Waals surface area contributed by atoms with Crippen LogP contribution in [-0.4, -0.2) is 20.4 Å². The molecular weight excluding hydrogens is 394 g/mol. The van der Waals surface area contributed by atoms with Gasteiger partial charge in [-0.05, 0) is 52.0 Å². The summed E-state index contributed by atoms with van der Waals surface area (Å²) in [4.78, 5) is 4.70. The number of para-hydroxylation sites is 1. The van der Waals surface area contributed by atoms with Crippen molar-refractivity contribution in [2.45, 2.75) is 33.1 Å². The predicted octanol–water partition coefficient (Wildman–Crippen LogP) is 7.56. The third kappa shape index (κ3) is 4.20. The van der Waals surface area contributed by atoms with Crippen LogP contribution >= 0.6 is 0 Å². The molecule has 1 unspecified atom stereocenters. The van der Waals surface area contributed by atoms with E-state index in [1.807, 2.05) is 12.3 Å². The second-order valence-corrected chi connectivity index (χ2v) is 9.31. The van der Waals surface area contributed by atoms with Gasteiger partial charge in [0, 0.05) is 23.3 Å². The van der Waals surface area contributed by atoms with Crippen LogP contribution in [-0.2, 0) is 5.41 Å². The van der Waals surface area contributed by atoms with E-state index in [2.05, 4.69) is 88.4 Å². The lowest BCUT2D eigenvalue weighted by atomic mass is 9.85. The minimum absolute atomic E-state index is 0.107. The number of benzene rings is 3. The van der Waals surface area contributed by atoms with Gasteiger partial charge in [0.15, 0.2) is 11.5 Å². The Kier molecular flexibility index (Phi) is 5.92. The number of allylic oxidation sites excluding steroid dienone is 1. The summed E-state index contributed by atoms with van der Waals surface area (Å²) >= 11 is 0. The van der Waals surface area contributed by atoms with Crippen LogP contribution in [0, 0.1) is 5.92 Å². The van der Waals surface area contributed by atoms with Crippen LogP contribution in [0.4, 0.5) is 5.69 Å². The maximum absolute atomic E-state index is 5.80. The Labute approximate surface area is 191 Å². The minimum atomic E-state index is 0.107. The van der Waals surface area contributed by atoms with Crippen LogP contribution in [0.1, 0.15) is 44.4 Å². The molecule has 0 amide bonds. The quantitative estimate of drug-likeness (QED) is 0.432. The lowest BCUT2D eigenvalue weighted by molar-refractivity contribution is 0.356. The molecule has 3 aromatic rings. The zero-order valence-electron chi connectivity index (χ0n) is 19.8. The molecule has 0 saturated carbocycles. The Balaban J connectivity index is 1.88. The van der Waals surface area contributed by atoms with E-state index in [1.165, 1.54) is 11.1 Å². The first kappa shape index (κ1) is 21.9. The molecule has 1 atom stereocenters. The molecule has 0 bridgehead atoms. The van der Waals surface area contributed by atoms with Crippen molar-refractivity contribution in [3.8, 4) is 22.6 Å². The number of methoxy groups -OCH3 is 2. The molecule has 0 aliphatic carbocycles. The Hall–Kier alpha value is -3.33. The summed E-state index contributed by atoms with van der Waals surface area (Å²) in [5.74, 6) is 1.63. The van der Waals surface area contributed by atoms with E-state index in [-0.39, 0.29) is 11.3 Å². The Morgan fingerprint density at radius 3 is 2.22 bits per heavy atom. The number of aliphatic imine (C=N–C) groups is 1. The highest BCUT2D eigenvalue weighted by atomic mass is 16.5. The molecule has 1 heterocycles.